The Balaban J connectivity index is 2.43. The van der Waals surface area contributed by atoms with E-state index in [2.05, 4.69) is 85.0 Å². The van der Waals surface area contributed by atoms with Gasteiger partial charge < -0.3 is 10.4 Å². The van der Waals surface area contributed by atoms with Crippen molar-refractivity contribution in [1.82, 2.24) is 0 Å². The average Bonchev–Trinajstić information content (AvgIpc) is 2.44. The lowest BCUT2D eigenvalue weighted by atomic mass is 10.2. The standard InChI is InChI=1S/C13H5Br5ClNO2/c14-4-1-7(16)11(8(17)2-4)20-13(22)5-3-6(15)10(19)9(18)12(5)21/h1-3,21H,(H,20,22). The van der Waals surface area contributed by atoms with Gasteiger partial charge in [-0.25, -0.2) is 0 Å². The Morgan fingerprint density at radius 3 is 2.09 bits per heavy atom. The topological polar surface area (TPSA) is 49.3 Å². The number of aromatic hydroxyl groups is 1. The molecule has 0 saturated heterocycles. The van der Waals surface area contributed by atoms with Crippen LogP contribution in [-0.2, 0) is 0 Å². The monoisotopic (exact) mass is 637 g/mol. The van der Waals surface area contributed by atoms with Crippen LogP contribution in [0.3, 0.4) is 0 Å². The minimum atomic E-state index is -0.473. The van der Waals surface area contributed by atoms with Gasteiger partial charge in [-0.05, 0) is 81.9 Å². The molecule has 0 radical (unpaired) electrons. The molecule has 0 aliphatic rings. The SMILES string of the molecule is O=C(Nc1c(Br)cc(Br)cc1Br)c1cc(Br)c(Cl)c(Br)c1O. The van der Waals surface area contributed by atoms with Gasteiger partial charge in [0.25, 0.3) is 5.91 Å². The highest BCUT2D eigenvalue weighted by Gasteiger charge is 2.20. The Kier molecular flexibility index (Phi) is 6.41. The molecule has 2 rings (SSSR count). The van der Waals surface area contributed by atoms with Gasteiger partial charge in [-0.1, -0.05) is 27.5 Å². The molecule has 3 nitrogen and oxygen atoms in total. The number of phenolic OH excluding ortho intramolecular Hbond substituents is 1. The molecule has 0 atom stereocenters. The largest absolute Gasteiger partial charge is 0.506 e. The molecule has 22 heavy (non-hydrogen) atoms. The minimum Gasteiger partial charge on any atom is -0.506 e. The summed E-state index contributed by atoms with van der Waals surface area (Å²) < 4.78 is 2.98. The molecule has 0 aliphatic heterocycles. The molecule has 1 amide bonds. The third-order valence-electron chi connectivity index (χ3n) is 2.63. The van der Waals surface area contributed by atoms with Gasteiger partial charge in [0.1, 0.15) is 5.75 Å². The van der Waals surface area contributed by atoms with E-state index in [1.54, 1.807) is 12.1 Å². The maximum absolute atomic E-state index is 12.4. The number of carbonyl (C=O) groups is 1. The molecule has 2 aromatic rings. The number of phenols is 1. The zero-order valence-electron chi connectivity index (χ0n) is 10.4. The first kappa shape index (κ1) is 18.7. The number of nitrogens with one attached hydrogen (secondary N) is 1. The number of anilines is 1. The molecule has 0 bridgehead atoms. The van der Waals surface area contributed by atoms with Crippen LogP contribution in [0.4, 0.5) is 5.69 Å². The van der Waals surface area contributed by atoms with Crippen LogP contribution in [0.2, 0.25) is 5.02 Å². The first-order valence-electron chi connectivity index (χ1n) is 5.54. The van der Waals surface area contributed by atoms with E-state index in [9.17, 15) is 9.90 Å². The minimum absolute atomic E-state index is 0.0878. The Morgan fingerprint density at radius 2 is 1.55 bits per heavy atom. The maximum atomic E-state index is 12.4. The Labute approximate surface area is 173 Å². The highest BCUT2D eigenvalue weighted by atomic mass is 79.9. The van der Waals surface area contributed by atoms with Gasteiger partial charge in [0, 0.05) is 17.9 Å². The number of hydrogen-bond donors (Lipinski definition) is 2. The predicted octanol–water partition coefficient (Wildman–Crippen LogP) is 7.11. The summed E-state index contributed by atoms with van der Waals surface area (Å²) in [6, 6.07) is 5.06. The second-order valence-corrected chi connectivity index (χ2v) is 8.73. The Bertz CT molecular complexity index is 759. The predicted molar refractivity (Wildman–Crippen MR) is 106 cm³/mol. The number of carbonyl (C=O) groups excluding carboxylic acids is 1. The van der Waals surface area contributed by atoms with Crippen molar-refractivity contribution in [3.05, 3.63) is 51.1 Å². The summed E-state index contributed by atoms with van der Waals surface area (Å²) in [6.07, 6.45) is 0. The van der Waals surface area contributed by atoms with Crippen molar-refractivity contribution in [1.29, 1.82) is 0 Å². The van der Waals surface area contributed by atoms with Crippen LogP contribution in [0.25, 0.3) is 0 Å². The van der Waals surface area contributed by atoms with Crippen molar-refractivity contribution < 1.29 is 9.90 Å². The van der Waals surface area contributed by atoms with Crippen LogP contribution in [0.1, 0.15) is 10.4 Å². The highest BCUT2D eigenvalue weighted by Crippen LogP contribution is 2.41. The second kappa shape index (κ2) is 7.53. The van der Waals surface area contributed by atoms with Crippen molar-refractivity contribution in [2.75, 3.05) is 5.32 Å². The lowest BCUT2D eigenvalue weighted by Crippen LogP contribution is -2.13. The van der Waals surface area contributed by atoms with Gasteiger partial charge in [0.2, 0.25) is 0 Å². The van der Waals surface area contributed by atoms with Crippen LogP contribution in [0, 0.1) is 0 Å². The highest BCUT2D eigenvalue weighted by molar-refractivity contribution is 9.12. The Morgan fingerprint density at radius 1 is 1.00 bits per heavy atom. The van der Waals surface area contributed by atoms with Gasteiger partial charge in [0.15, 0.2) is 0 Å². The number of hydrogen-bond acceptors (Lipinski definition) is 2. The lowest BCUT2D eigenvalue weighted by molar-refractivity contribution is 0.102. The zero-order chi connectivity index (χ0) is 16.6. The van der Waals surface area contributed by atoms with E-state index in [1.807, 2.05) is 0 Å². The maximum Gasteiger partial charge on any atom is 0.259 e. The van der Waals surface area contributed by atoms with Crippen LogP contribution in [0.15, 0.2) is 40.6 Å². The van der Waals surface area contributed by atoms with Gasteiger partial charge in [-0.15, -0.1) is 0 Å². The summed E-state index contributed by atoms with van der Waals surface area (Å²) in [4.78, 5) is 12.4. The van der Waals surface area contributed by atoms with Crippen LogP contribution in [-0.4, -0.2) is 11.0 Å². The summed E-state index contributed by atoms with van der Waals surface area (Å²) >= 11 is 22.5. The number of rotatable bonds is 2. The summed E-state index contributed by atoms with van der Waals surface area (Å²) in [5.41, 5.74) is 0.639. The molecule has 0 fully saturated rings. The molecule has 0 aromatic heterocycles. The van der Waals surface area contributed by atoms with Crippen molar-refractivity contribution in [2.24, 2.45) is 0 Å². The van der Waals surface area contributed by atoms with Gasteiger partial charge >= 0.3 is 0 Å². The van der Waals surface area contributed by atoms with Crippen molar-refractivity contribution in [3.63, 3.8) is 0 Å². The fourth-order valence-corrected chi connectivity index (χ4v) is 5.32. The van der Waals surface area contributed by atoms with Crippen molar-refractivity contribution >= 4 is 103 Å². The van der Waals surface area contributed by atoms with Gasteiger partial charge in [-0.2, -0.15) is 0 Å². The second-order valence-electron chi connectivity index (χ2n) is 4.08. The molecular weight excluding hydrogens is 637 g/mol. The molecular formula is C13H5Br5ClNO2. The number of amides is 1. The number of halogens is 6. The molecule has 0 spiro atoms. The molecule has 0 unspecified atom stereocenters. The summed E-state index contributed by atoms with van der Waals surface area (Å²) in [5, 5.41) is 13.1. The third kappa shape index (κ3) is 3.89. The van der Waals surface area contributed by atoms with Crippen LogP contribution >= 0.6 is 91.3 Å². The van der Waals surface area contributed by atoms with E-state index >= 15 is 0 Å². The van der Waals surface area contributed by atoms with Crippen LogP contribution < -0.4 is 5.32 Å². The normalized spacial score (nSPS) is 10.6. The fraction of sp³-hybridized carbons (Fsp3) is 0. The lowest BCUT2D eigenvalue weighted by Gasteiger charge is -2.13. The first-order valence-corrected chi connectivity index (χ1v) is 9.89. The van der Waals surface area contributed by atoms with Crippen LogP contribution in [0.5, 0.6) is 5.75 Å². The third-order valence-corrected chi connectivity index (χ3v) is 6.58. The van der Waals surface area contributed by atoms with Crippen molar-refractivity contribution in [3.8, 4) is 5.75 Å². The quantitative estimate of drug-likeness (QED) is 0.344. The van der Waals surface area contributed by atoms with E-state index in [0.29, 0.717) is 24.1 Å². The molecule has 2 aromatic carbocycles. The van der Waals surface area contributed by atoms with E-state index < -0.39 is 5.91 Å². The molecule has 0 heterocycles. The molecule has 0 saturated carbocycles. The summed E-state index contributed by atoms with van der Waals surface area (Å²) in [6.45, 7) is 0. The summed E-state index contributed by atoms with van der Waals surface area (Å²) in [5.74, 6) is -0.700. The molecule has 9 heteroatoms. The first-order chi connectivity index (χ1) is 10.2. The Hall–Kier alpha value is 0.400. The smallest absolute Gasteiger partial charge is 0.259 e. The molecule has 0 aliphatic carbocycles. The molecule has 116 valence electrons. The van der Waals surface area contributed by atoms with Gasteiger partial charge in [-0.3, -0.25) is 4.79 Å². The van der Waals surface area contributed by atoms with Gasteiger partial charge in [0.05, 0.1) is 20.7 Å². The average molecular weight is 642 g/mol. The van der Waals surface area contributed by atoms with Crippen molar-refractivity contribution in [2.45, 2.75) is 0 Å². The zero-order valence-corrected chi connectivity index (χ0v) is 19.0. The molecule has 2 N–H and O–H groups in total. The van der Waals surface area contributed by atoms with E-state index in [-0.39, 0.29) is 15.8 Å². The fourth-order valence-electron chi connectivity index (χ4n) is 1.60. The summed E-state index contributed by atoms with van der Waals surface area (Å²) in [7, 11) is 0. The number of benzene rings is 2. The van der Waals surface area contributed by atoms with E-state index in [4.69, 9.17) is 11.6 Å². The van der Waals surface area contributed by atoms with E-state index in [1.165, 1.54) is 6.07 Å². The van der Waals surface area contributed by atoms with E-state index in [0.717, 1.165) is 4.47 Å².